The summed E-state index contributed by atoms with van der Waals surface area (Å²) in [6.45, 7) is 2.10. The SMILES string of the molecule is Cc1sc(C(Br)c2ccc(Br)cc2Cl)cc1Br. The summed E-state index contributed by atoms with van der Waals surface area (Å²) >= 11 is 18.7. The first kappa shape index (κ1) is 14.1. The van der Waals surface area contributed by atoms with E-state index in [1.807, 2.05) is 18.2 Å². The summed E-state index contributed by atoms with van der Waals surface area (Å²) in [6.07, 6.45) is 0. The van der Waals surface area contributed by atoms with Crippen LogP contribution in [-0.2, 0) is 0 Å². The van der Waals surface area contributed by atoms with Gasteiger partial charge in [-0.2, -0.15) is 0 Å². The van der Waals surface area contributed by atoms with Crippen LogP contribution in [0.3, 0.4) is 0 Å². The van der Waals surface area contributed by atoms with E-state index in [4.69, 9.17) is 11.6 Å². The predicted octanol–water partition coefficient (Wildman–Crippen LogP) is 6.72. The number of halogens is 4. The average molecular weight is 459 g/mol. The van der Waals surface area contributed by atoms with E-state index in [2.05, 4.69) is 60.8 Å². The third-order valence-electron chi connectivity index (χ3n) is 2.36. The highest BCUT2D eigenvalue weighted by molar-refractivity contribution is 9.11. The molecular weight excluding hydrogens is 451 g/mol. The van der Waals surface area contributed by atoms with Crippen molar-refractivity contribution in [2.24, 2.45) is 0 Å². The summed E-state index contributed by atoms with van der Waals surface area (Å²) in [7, 11) is 0. The highest BCUT2D eigenvalue weighted by Crippen LogP contribution is 2.41. The van der Waals surface area contributed by atoms with Gasteiger partial charge < -0.3 is 0 Å². The fourth-order valence-electron chi connectivity index (χ4n) is 1.47. The van der Waals surface area contributed by atoms with Crippen LogP contribution in [-0.4, -0.2) is 0 Å². The van der Waals surface area contributed by atoms with E-state index < -0.39 is 0 Å². The zero-order valence-electron chi connectivity index (χ0n) is 8.81. The van der Waals surface area contributed by atoms with Crippen molar-refractivity contribution in [3.8, 4) is 0 Å². The minimum atomic E-state index is 0.137. The molecule has 1 heterocycles. The molecule has 0 fully saturated rings. The molecule has 1 aromatic carbocycles. The fraction of sp³-hybridized carbons (Fsp3) is 0.167. The predicted molar refractivity (Wildman–Crippen MR) is 86.7 cm³/mol. The lowest BCUT2D eigenvalue weighted by atomic mass is 10.1. The van der Waals surface area contributed by atoms with Gasteiger partial charge in [-0.15, -0.1) is 11.3 Å². The molecule has 0 aliphatic carbocycles. The smallest absolute Gasteiger partial charge is 0.0752 e. The molecule has 0 aliphatic rings. The molecule has 90 valence electrons. The van der Waals surface area contributed by atoms with Crippen molar-refractivity contribution in [2.45, 2.75) is 11.8 Å². The molecule has 5 heteroatoms. The van der Waals surface area contributed by atoms with Crippen LogP contribution in [0.15, 0.2) is 33.2 Å². The molecule has 0 saturated heterocycles. The number of hydrogen-bond acceptors (Lipinski definition) is 1. The number of alkyl halides is 1. The third kappa shape index (κ3) is 3.16. The van der Waals surface area contributed by atoms with Crippen molar-refractivity contribution in [3.63, 3.8) is 0 Å². The van der Waals surface area contributed by atoms with E-state index in [1.165, 1.54) is 9.75 Å². The molecule has 1 aromatic heterocycles. The van der Waals surface area contributed by atoms with Gasteiger partial charge in [-0.25, -0.2) is 0 Å². The highest BCUT2D eigenvalue weighted by Gasteiger charge is 2.17. The lowest BCUT2D eigenvalue weighted by molar-refractivity contribution is 1.22. The van der Waals surface area contributed by atoms with Gasteiger partial charge in [0.1, 0.15) is 0 Å². The van der Waals surface area contributed by atoms with Crippen LogP contribution in [0.2, 0.25) is 5.02 Å². The summed E-state index contributed by atoms with van der Waals surface area (Å²) in [5, 5.41) is 0.767. The Morgan fingerprint density at radius 2 is 1.94 bits per heavy atom. The maximum absolute atomic E-state index is 6.25. The zero-order chi connectivity index (χ0) is 12.6. The van der Waals surface area contributed by atoms with Crippen molar-refractivity contribution in [1.82, 2.24) is 0 Å². The van der Waals surface area contributed by atoms with Gasteiger partial charge in [0.05, 0.1) is 4.83 Å². The van der Waals surface area contributed by atoms with Gasteiger partial charge >= 0.3 is 0 Å². The summed E-state index contributed by atoms with van der Waals surface area (Å²) in [6, 6.07) is 8.10. The van der Waals surface area contributed by atoms with Crippen LogP contribution >= 0.6 is 70.7 Å². The first-order chi connectivity index (χ1) is 7.99. The van der Waals surface area contributed by atoms with Crippen LogP contribution < -0.4 is 0 Å². The average Bonchev–Trinajstić information content (AvgIpc) is 2.58. The normalized spacial score (nSPS) is 12.8. The number of thiophene rings is 1. The Labute approximate surface area is 135 Å². The monoisotopic (exact) mass is 456 g/mol. The number of aryl methyl sites for hydroxylation is 1. The minimum Gasteiger partial charge on any atom is -0.143 e. The Kier molecular flexibility index (Phi) is 4.75. The van der Waals surface area contributed by atoms with Crippen molar-refractivity contribution in [1.29, 1.82) is 0 Å². The van der Waals surface area contributed by atoms with Gasteiger partial charge in [0.15, 0.2) is 0 Å². The highest BCUT2D eigenvalue weighted by atomic mass is 79.9. The van der Waals surface area contributed by atoms with E-state index in [9.17, 15) is 0 Å². The Morgan fingerprint density at radius 1 is 1.24 bits per heavy atom. The van der Waals surface area contributed by atoms with Crippen molar-refractivity contribution in [3.05, 3.63) is 53.6 Å². The molecule has 0 aliphatic heterocycles. The Hall–Kier alpha value is 0.650. The summed E-state index contributed by atoms with van der Waals surface area (Å²) in [5.74, 6) is 0. The second-order valence-corrected chi connectivity index (χ2v) is 7.96. The van der Waals surface area contributed by atoms with Crippen molar-refractivity contribution in [2.75, 3.05) is 0 Å². The molecular formula is C12H8Br3ClS. The molecule has 0 radical (unpaired) electrons. The van der Waals surface area contributed by atoms with Crippen LogP contribution in [0.4, 0.5) is 0 Å². The van der Waals surface area contributed by atoms with Crippen LogP contribution in [0.1, 0.15) is 20.1 Å². The first-order valence-electron chi connectivity index (χ1n) is 4.84. The van der Waals surface area contributed by atoms with E-state index in [1.54, 1.807) is 11.3 Å². The van der Waals surface area contributed by atoms with Crippen LogP contribution in [0, 0.1) is 6.92 Å². The van der Waals surface area contributed by atoms with E-state index >= 15 is 0 Å². The summed E-state index contributed by atoms with van der Waals surface area (Å²) in [5.41, 5.74) is 1.09. The Morgan fingerprint density at radius 3 is 2.47 bits per heavy atom. The number of hydrogen-bond donors (Lipinski definition) is 0. The second-order valence-electron chi connectivity index (χ2n) is 3.58. The van der Waals surface area contributed by atoms with Gasteiger partial charge in [-0.05, 0) is 46.6 Å². The zero-order valence-corrected chi connectivity index (χ0v) is 15.1. The molecule has 1 unspecified atom stereocenters. The van der Waals surface area contributed by atoms with Crippen molar-refractivity contribution >= 4 is 70.7 Å². The van der Waals surface area contributed by atoms with Gasteiger partial charge in [0.2, 0.25) is 0 Å². The quantitative estimate of drug-likeness (QED) is 0.438. The molecule has 1 atom stereocenters. The second kappa shape index (κ2) is 5.74. The lowest BCUT2D eigenvalue weighted by Gasteiger charge is -2.10. The maximum Gasteiger partial charge on any atom is 0.0752 e. The molecule has 2 aromatic rings. The largest absolute Gasteiger partial charge is 0.143 e. The van der Waals surface area contributed by atoms with Gasteiger partial charge in [0, 0.05) is 23.7 Å². The molecule has 0 amide bonds. The van der Waals surface area contributed by atoms with Crippen LogP contribution in [0.25, 0.3) is 0 Å². The van der Waals surface area contributed by atoms with E-state index in [0.29, 0.717) is 0 Å². The molecule has 0 spiro atoms. The fourth-order valence-corrected chi connectivity index (χ4v) is 4.75. The van der Waals surface area contributed by atoms with E-state index in [-0.39, 0.29) is 4.83 Å². The topological polar surface area (TPSA) is 0 Å². The van der Waals surface area contributed by atoms with Crippen LogP contribution in [0.5, 0.6) is 0 Å². The molecule has 0 N–H and O–H groups in total. The number of rotatable bonds is 2. The third-order valence-corrected chi connectivity index (χ3v) is 6.67. The van der Waals surface area contributed by atoms with E-state index in [0.717, 1.165) is 19.5 Å². The van der Waals surface area contributed by atoms with Gasteiger partial charge in [-0.3, -0.25) is 0 Å². The first-order valence-corrected chi connectivity index (χ1v) is 8.53. The molecule has 0 saturated carbocycles. The Bertz CT molecular complexity index is 531. The van der Waals surface area contributed by atoms with Gasteiger partial charge in [0.25, 0.3) is 0 Å². The lowest BCUT2D eigenvalue weighted by Crippen LogP contribution is -1.90. The summed E-state index contributed by atoms with van der Waals surface area (Å²) < 4.78 is 2.14. The molecule has 17 heavy (non-hydrogen) atoms. The maximum atomic E-state index is 6.25. The molecule has 2 rings (SSSR count). The summed E-state index contributed by atoms with van der Waals surface area (Å²) in [4.78, 5) is 2.66. The number of benzene rings is 1. The Balaban J connectivity index is 2.39. The molecule has 0 bridgehead atoms. The van der Waals surface area contributed by atoms with Crippen molar-refractivity contribution < 1.29 is 0 Å². The minimum absolute atomic E-state index is 0.137. The van der Waals surface area contributed by atoms with Gasteiger partial charge in [-0.1, -0.05) is 49.5 Å². The molecule has 0 nitrogen and oxygen atoms in total. The standard InChI is InChI=1S/C12H8Br3ClS/c1-6-9(14)5-11(17-6)12(15)8-3-2-7(13)4-10(8)16/h2-5,12H,1H3.